The van der Waals surface area contributed by atoms with Gasteiger partial charge in [0.05, 0.1) is 23.5 Å². The molecule has 146 valence electrons. The summed E-state index contributed by atoms with van der Waals surface area (Å²) in [6, 6.07) is 5.33. The highest BCUT2D eigenvalue weighted by atomic mass is 35.5. The molecule has 2 fully saturated rings. The molecular weight excluding hydrogens is 358 g/mol. The van der Waals surface area contributed by atoms with Gasteiger partial charge in [-0.05, 0) is 37.8 Å². The maximum Gasteiger partial charge on any atom is 0.0830 e. The second kappa shape index (κ2) is 9.26. The van der Waals surface area contributed by atoms with Gasteiger partial charge in [-0.25, -0.2) is 4.98 Å². The third kappa shape index (κ3) is 5.15. The minimum atomic E-state index is 0.323. The number of nitrogens with zero attached hydrogens (tertiary/aromatic N) is 3. The number of halogens is 1. The SMILES string of the molecule is Clc1cc2nc(c1)C=N[C@@H]1CCCC[C@H]1NCCN[C@@H]1CCCC[C@H]1N=C2. The number of pyridine rings is 1. The molecule has 0 unspecified atom stereocenters. The largest absolute Gasteiger partial charge is 0.311 e. The molecule has 1 aromatic rings. The second-order valence-electron chi connectivity index (χ2n) is 8.02. The minimum Gasteiger partial charge on any atom is -0.311 e. The molecule has 27 heavy (non-hydrogen) atoms. The molecule has 2 bridgehead atoms. The summed E-state index contributed by atoms with van der Waals surface area (Å²) in [4.78, 5) is 14.4. The summed E-state index contributed by atoms with van der Waals surface area (Å²) in [6.07, 6.45) is 13.6. The van der Waals surface area contributed by atoms with Crippen LogP contribution in [0.15, 0.2) is 22.1 Å². The molecule has 1 aliphatic heterocycles. The topological polar surface area (TPSA) is 61.7 Å². The Morgan fingerprint density at radius 1 is 0.741 bits per heavy atom. The predicted octanol–water partition coefficient (Wildman–Crippen LogP) is 3.39. The van der Waals surface area contributed by atoms with Crippen molar-refractivity contribution >= 4 is 24.0 Å². The number of nitrogens with one attached hydrogen (secondary N) is 2. The average Bonchev–Trinajstić information content (AvgIpc) is 2.69. The lowest BCUT2D eigenvalue weighted by Gasteiger charge is -2.31. The molecule has 5 nitrogen and oxygen atoms in total. The molecule has 0 aromatic carbocycles. The summed E-state index contributed by atoms with van der Waals surface area (Å²) in [7, 11) is 0. The lowest BCUT2D eigenvalue weighted by Crippen LogP contribution is -2.47. The summed E-state index contributed by atoms with van der Waals surface area (Å²) in [5, 5.41) is 8.18. The lowest BCUT2D eigenvalue weighted by atomic mass is 9.90. The Morgan fingerprint density at radius 2 is 1.22 bits per heavy atom. The fourth-order valence-corrected chi connectivity index (χ4v) is 4.81. The summed E-state index contributed by atoms with van der Waals surface area (Å²) < 4.78 is 0. The molecule has 0 spiro atoms. The Morgan fingerprint density at radius 3 is 1.74 bits per heavy atom. The van der Waals surface area contributed by atoms with E-state index in [0.717, 1.165) is 37.3 Å². The normalized spacial score (nSPS) is 32.0. The standard InChI is InChI=1S/C21H30ClN5/c22-15-11-16-13-25-20-7-3-1-5-18(20)23-9-10-24-19-6-2-4-8-21(19)26-14-17(12-15)27-16/h11-14,18-21,23-24H,1-10H2/t18-,19-,20-,21-/m1/s1. The van der Waals surface area contributed by atoms with E-state index in [1.807, 2.05) is 24.6 Å². The van der Waals surface area contributed by atoms with E-state index >= 15 is 0 Å². The van der Waals surface area contributed by atoms with Crippen molar-refractivity contribution in [2.24, 2.45) is 9.98 Å². The fraction of sp³-hybridized carbons (Fsp3) is 0.667. The molecule has 2 saturated carbocycles. The molecule has 4 rings (SSSR count). The van der Waals surface area contributed by atoms with Crippen LogP contribution in [0.5, 0.6) is 0 Å². The van der Waals surface area contributed by atoms with Crippen LogP contribution in [0.25, 0.3) is 0 Å². The first-order valence-electron chi connectivity index (χ1n) is 10.5. The van der Waals surface area contributed by atoms with Crippen molar-refractivity contribution in [3.8, 4) is 0 Å². The van der Waals surface area contributed by atoms with Gasteiger partial charge in [0.2, 0.25) is 0 Å². The van der Waals surface area contributed by atoms with Crippen molar-refractivity contribution in [3.63, 3.8) is 0 Å². The van der Waals surface area contributed by atoms with Crippen LogP contribution in [0.1, 0.15) is 62.8 Å². The maximum atomic E-state index is 6.33. The Bertz CT molecular complexity index is 635. The molecule has 4 atom stereocenters. The lowest BCUT2D eigenvalue weighted by molar-refractivity contribution is 0.308. The van der Waals surface area contributed by atoms with Crippen LogP contribution in [0.4, 0.5) is 0 Å². The van der Waals surface area contributed by atoms with E-state index in [9.17, 15) is 0 Å². The zero-order valence-corrected chi connectivity index (χ0v) is 16.7. The number of fused-ring (bicyclic) bond motifs is 4. The molecule has 2 N–H and O–H groups in total. The van der Waals surface area contributed by atoms with Gasteiger partial charge in [-0.2, -0.15) is 0 Å². The van der Waals surface area contributed by atoms with Crippen molar-refractivity contribution < 1.29 is 0 Å². The first kappa shape index (κ1) is 19.0. The van der Waals surface area contributed by atoms with Gasteiger partial charge in [0.1, 0.15) is 0 Å². The minimum absolute atomic E-state index is 0.323. The first-order valence-corrected chi connectivity index (χ1v) is 10.9. The second-order valence-corrected chi connectivity index (χ2v) is 8.45. The fourth-order valence-electron chi connectivity index (χ4n) is 4.59. The number of rotatable bonds is 0. The predicted molar refractivity (Wildman–Crippen MR) is 113 cm³/mol. The highest BCUT2D eigenvalue weighted by Gasteiger charge is 2.25. The molecule has 6 heteroatoms. The van der Waals surface area contributed by atoms with E-state index in [1.54, 1.807) is 0 Å². The average molecular weight is 388 g/mol. The van der Waals surface area contributed by atoms with Gasteiger partial charge in [-0.15, -0.1) is 0 Å². The zero-order valence-electron chi connectivity index (χ0n) is 15.9. The van der Waals surface area contributed by atoms with Gasteiger partial charge in [0, 0.05) is 42.6 Å². The number of hydrogen-bond acceptors (Lipinski definition) is 5. The van der Waals surface area contributed by atoms with Crippen LogP contribution < -0.4 is 10.6 Å². The van der Waals surface area contributed by atoms with E-state index in [-0.39, 0.29) is 0 Å². The molecule has 3 aliphatic rings. The van der Waals surface area contributed by atoms with Gasteiger partial charge < -0.3 is 10.6 Å². The Labute approximate surface area is 167 Å². The highest BCUT2D eigenvalue weighted by molar-refractivity contribution is 6.31. The van der Waals surface area contributed by atoms with Gasteiger partial charge in [-0.1, -0.05) is 37.3 Å². The molecule has 0 radical (unpaired) electrons. The van der Waals surface area contributed by atoms with Gasteiger partial charge in [0.25, 0.3) is 0 Å². The Hall–Kier alpha value is -1.30. The first-order chi connectivity index (χ1) is 13.3. The van der Waals surface area contributed by atoms with Crippen molar-refractivity contribution in [2.75, 3.05) is 13.1 Å². The van der Waals surface area contributed by atoms with E-state index in [0.29, 0.717) is 29.2 Å². The molecule has 2 heterocycles. The van der Waals surface area contributed by atoms with E-state index in [1.165, 1.54) is 38.5 Å². The maximum absolute atomic E-state index is 6.33. The van der Waals surface area contributed by atoms with Crippen molar-refractivity contribution in [2.45, 2.75) is 75.5 Å². The monoisotopic (exact) mass is 387 g/mol. The molecule has 0 saturated heterocycles. The van der Waals surface area contributed by atoms with E-state index in [2.05, 4.69) is 10.6 Å². The number of hydrogen-bond donors (Lipinski definition) is 2. The highest BCUT2D eigenvalue weighted by Crippen LogP contribution is 2.23. The van der Waals surface area contributed by atoms with Crippen molar-refractivity contribution in [3.05, 3.63) is 28.5 Å². The molecule has 0 amide bonds. The van der Waals surface area contributed by atoms with Crippen molar-refractivity contribution in [1.82, 2.24) is 15.6 Å². The van der Waals surface area contributed by atoms with E-state index < -0.39 is 0 Å². The number of aliphatic imine (C=N–C) groups is 2. The van der Waals surface area contributed by atoms with Crippen LogP contribution >= 0.6 is 11.6 Å². The smallest absolute Gasteiger partial charge is 0.0830 e. The molecule has 2 aliphatic carbocycles. The van der Waals surface area contributed by atoms with Crippen LogP contribution in [0.2, 0.25) is 5.02 Å². The third-order valence-electron chi connectivity index (χ3n) is 6.02. The molecule has 1 aromatic heterocycles. The van der Waals surface area contributed by atoms with Crippen LogP contribution in [-0.2, 0) is 0 Å². The summed E-state index contributed by atoms with van der Waals surface area (Å²) in [5.41, 5.74) is 1.64. The molecular formula is C21H30ClN5. The van der Waals surface area contributed by atoms with Crippen molar-refractivity contribution in [1.29, 1.82) is 0 Å². The quantitative estimate of drug-likeness (QED) is 0.717. The Balaban J connectivity index is 1.61. The number of aromatic nitrogens is 1. The van der Waals surface area contributed by atoms with Crippen LogP contribution in [-0.4, -0.2) is 54.7 Å². The van der Waals surface area contributed by atoms with E-state index in [4.69, 9.17) is 26.6 Å². The zero-order chi connectivity index (χ0) is 18.5. The summed E-state index contributed by atoms with van der Waals surface area (Å²) in [6.45, 7) is 1.98. The Kier molecular flexibility index (Phi) is 6.53. The summed E-state index contributed by atoms with van der Waals surface area (Å²) >= 11 is 6.33. The van der Waals surface area contributed by atoms with Gasteiger partial charge in [0.15, 0.2) is 0 Å². The third-order valence-corrected chi connectivity index (χ3v) is 6.24. The van der Waals surface area contributed by atoms with Crippen LogP contribution in [0, 0.1) is 0 Å². The van der Waals surface area contributed by atoms with Gasteiger partial charge >= 0.3 is 0 Å². The summed E-state index contributed by atoms with van der Waals surface area (Å²) in [5.74, 6) is 0. The van der Waals surface area contributed by atoms with Crippen LogP contribution in [0.3, 0.4) is 0 Å². The van der Waals surface area contributed by atoms with Gasteiger partial charge in [-0.3, -0.25) is 9.98 Å².